The van der Waals surface area contributed by atoms with Crippen LogP contribution in [0.2, 0.25) is 5.15 Å². The van der Waals surface area contributed by atoms with Crippen LogP contribution in [-0.4, -0.2) is 4.98 Å². The molecule has 1 N–H and O–H groups in total. The normalized spacial score (nSPS) is 12.5. The van der Waals surface area contributed by atoms with Crippen LogP contribution >= 0.6 is 22.9 Å². The summed E-state index contributed by atoms with van der Waals surface area (Å²) in [7, 11) is 0. The number of nitrogens with one attached hydrogen (secondary N) is 1. The van der Waals surface area contributed by atoms with Gasteiger partial charge in [0.2, 0.25) is 0 Å². The third kappa shape index (κ3) is 2.72. The molecule has 0 bridgehead atoms. The van der Waals surface area contributed by atoms with Crippen LogP contribution in [-0.2, 0) is 0 Å². The van der Waals surface area contributed by atoms with Crippen molar-refractivity contribution in [1.82, 2.24) is 4.98 Å². The van der Waals surface area contributed by atoms with Crippen LogP contribution < -0.4 is 5.32 Å². The lowest BCUT2D eigenvalue weighted by molar-refractivity contribution is 0.897. The highest BCUT2D eigenvalue weighted by atomic mass is 35.5. The maximum Gasteiger partial charge on any atom is 0.131 e. The van der Waals surface area contributed by atoms with Crippen LogP contribution in [0.25, 0.3) is 10.1 Å². The molecule has 0 aliphatic rings. The van der Waals surface area contributed by atoms with Crippen molar-refractivity contribution in [3.05, 3.63) is 58.6 Å². The van der Waals surface area contributed by atoms with E-state index in [0.29, 0.717) is 5.15 Å². The standard InChI is InChI=1S/C15H13ClN2S/c1-10(17-15-8-4-7-14(16)18-15)13-9-11-5-2-3-6-12(11)19-13/h2-10H,1H3,(H,17,18). The number of anilines is 1. The molecule has 1 atom stereocenters. The van der Waals surface area contributed by atoms with E-state index in [1.165, 1.54) is 15.0 Å². The minimum atomic E-state index is 0.211. The minimum Gasteiger partial charge on any atom is -0.363 e. The monoisotopic (exact) mass is 288 g/mol. The number of hydrogen-bond acceptors (Lipinski definition) is 3. The van der Waals surface area contributed by atoms with Crippen molar-refractivity contribution in [3.63, 3.8) is 0 Å². The number of aromatic nitrogens is 1. The average molecular weight is 289 g/mol. The number of pyridine rings is 1. The van der Waals surface area contributed by atoms with E-state index >= 15 is 0 Å². The van der Waals surface area contributed by atoms with E-state index < -0.39 is 0 Å². The van der Waals surface area contributed by atoms with Gasteiger partial charge in [-0.05, 0) is 36.6 Å². The molecule has 0 saturated carbocycles. The van der Waals surface area contributed by atoms with Crippen molar-refractivity contribution in [3.8, 4) is 0 Å². The van der Waals surface area contributed by atoms with Gasteiger partial charge in [-0.2, -0.15) is 0 Å². The van der Waals surface area contributed by atoms with Gasteiger partial charge in [0.25, 0.3) is 0 Å². The summed E-state index contributed by atoms with van der Waals surface area (Å²) in [6, 6.07) is 16.5. The second-order valence-electron chi connectivity index (χ2n) is 4.40. The van der Waals surface area contributed by atoms with Crippen LogP contribution in [0.1, 0.15) is 17.8 Å². The zero-order valence-corrected chi connectivity index (χ0v) is 12.0. The maximum absolute atomic E-state index is 5.89. The Hall–Kier alpha value is -1.58. The highest BCUT2D eigenvalue weighted by Crippen LogP contribution is 2.31. The molecule has 0 aliphatic heterocycles. The first kappa shape index (κ1) is 12.5. The highest BCUT2D eigenvalue weighted by Gasteiger charge is 2.10. The van der Waals surface area contributed by atoms with Crippen LogP contribution in [0.3, 0.4) is 0 Å². The van der Waals surface area contributed by atoms with Gasteiger partial charge in [-0.15, -0.1) is 11.3 Å². The molecular weight excluding hydrogens is 276 g/mol. The Morgan fingerprint density at radius 3 is 2.79 bits per heavy atom. The van der Waals surface area contributed by atoms with Crippen LogP contribution in [0.5, 0.6) is 0 Å². The second kappa shape index (κ2) is 5.19. The fraction of sp³-hybridized carbons (Fsp3) is 0.133. The molecule has 19 heavy (non-hydrogen) atoms. The van der Waals surface area contributed by atoms with E-state index in [0.717, 1.165) is 5.82 Å². The van der Waals surface area contributed by atoms with Gasteiger partial charge in [0.1, 0.15) is 11.0 Å². The van der Waals surface area contributed by atoms with E-state index in [9.17, 15) is 0 Å². The molecule has 1 aromatic carbocycles. The summed E-state index contributed by atoms with van der Waals surface area (Å²) in [5.74, 6) is 0.803. The molecule has 2 heterocycles. The number of fused-ring (bicyclic) bond motifs is 1. The molecule has 0 aliphatic carbocycles. The lowest BCUT2D eigenvalue weighted by Gasteiger charge is -2.12. The van der Waals surface area contributed by atoms with E-state index in [1.807, 2.05) is 12.1 Å². The van der Waals surface area contributed by atoms with Crippen molar-refractivity contribution in [2.45, 2.75) is 13.0 Å². The first-order valence-electron chi connectivity index (χ1n) is 6.10. The summed E-state index contributed by atoms with van der Waals surface area (Å²) < 4.78 is 1.31. The third-order valence-corrected chi connectivity index (χ3v) is 4.46. The summed E-state index contributed by atoms with van der Waals surface area (Å²) >= 11 is 7.70. The molecule has 2 aromatic heterocycles. The molecule has 0 radical (unpaired) electrons. The van der Waals surface area contributed by atoms with E-state index in [2.05, 4.69) is 47.6 Å². The molecule has 0 spiro atoms. The van der Waals surface area contributed by atoms with Gasteiger partial charge in [-0.1, -0.05) is 35.9 Å². The summed E-state index contributed by atoms with van der Waals surface area (Å²) in [5, 5.41) is 5.17. The minimum absolute atomic E-state index is 0.211. The van der Waals surface area contributed by atoms with Gasteiger partial charge in [-0.3, -0.25) is 0 Å². The first-order chi connectivity index (χ1) is 9.22. The number of thiophene rings is 1. The molecule has 4 heteroatoms. The zero-order valence-electron chi connectivity index (χ0n) is 10.4. The van der Waals surface area contributed by atoms with Gasteiger partial charge in [0.05, 0.1) is 6.04 Å². The quantitative estimate of drug-likeness (QED) is 0.676. The van der Waals surface area contributed by atoms with Crippen molar-refractivity contribution < 1.29 is 0 Å². The highest BCUT2D eigenvalue weighted by molar-refractivity contribution is 7.19. The Kier molecular flexibility index (Phi) is 3.40. The van der Waals surface area contributed by atoms with Crippen LogP contribution in [0, 0.1) is 0 Å². The summed E-state index contributed by atoms with van der Waals surface area (Å²) in [6.07, 6.45) is 0. The Morgan fingerprint density at radius 2 is 2.00 bits per heavy atom. The molecular formula is C15H13ClN2S. The van der Waals surface area contributed by atoms with Gasteiger partial charge in [0, 0.05) is 9.58 Å². The summed E-state index contributed by atoms with van der Waals surface area (Å²) in [5.41, 5.74) is 0. The lowest BCUT2D eigenvalue weighted by Crippen LogP contribution is -2.06. The van der Waals surface area contributed by atoms with E-state index in [-0.39, 0.29) is 6.04 Å². The number of nitrogens with zero attached hydrogens (tertiary/aromatic N) is 1. The predicted octanol–water partition coefficient (Wildman–Crippen LogP) is 5.12. The molecule has 0 amide bonds. The first-order valence-corrected chi connectivity index (χ1v) is 7.29. The smallest absolute Gasteiger partial charge is 0.131 e. The Morgan fingerprint density at radius 1 is 1.16 bits per heavy atom. The Bertz CT molecular complexity index is 675. The molecule has 0 fully saturated rings. The summed E-state index contributed by atoms with van der Waals surface area (Å²) in [4.78, 5) is 5.55. The van der Waals surface area contributed by atoms with Crippen LogP contribution in [0.15, 0.2) is 48.5 Å². The number of rotatable bonds is 3. The zero-order chi connectivity index (χ0) is 13.2. The fourth-order valence-electron chi connectivity index (χ4n) is 2.00. The van der Waals surface area contributed by atoms with Crippen molar-refractivity contribution in [2.75, 3.05) is 5.32 Å². The topological polar surface area (TPSA) is 24.9 Å². The number of benzene rings is 1. The van der Waals surface area contributed by atoms with Crippen molar-refractivity contribution in [1.29, 1.82) is 0 Å². The molecule has 2 nitrogen and oxygen atoms in total. The Labute approximate surface area is 121 Å². The van der Waals surface area contributed by atoms with Gasteiger partial charge < -0.3 is 5.32 Å². The molecule has 3 aromatic rings. The third-order valence-electron chi connectivity index (χ3n) is 2.95. The van der Waals surface area contributed by atoms with Crippen molar-refractivity contribution >= 4 is 38.8 Å². The van der Waals surface area contributed by atoms with Gasteiger partial charge in [0.15, 0.2) is 0 Å². The molecule has 3 rings (SSSR count). The molecule has 96 valence electrons. The molecule has 1 unspecified atom stereocenters. The van der Waals surface area contributed by atoms with E-state index in [1.54, 1.807) is 17.4 Å². The Balaban J connectivity index is 1.85. The fourth-order valence-corrected chi connectivity index (χ4v) is 3.23. The van der Waals surface area contributed by atoms with Crippen LogP contribution in [0.4, 0.5) is 5.82 Å². The maximum atomic E-state index is 5.89. The largest absolute Gasteiger partial charge is 0.363 e. The summed E-state index contributed by atoms with van der Waals surface area (Å²) in [6.45, 7) is 2.13. The average Bonchev–Trinajstić information content (AvgIpc) is 2.82. The van der Waals surface area contributed by atoms with Crippen molar-refractivity contribution in [2.24, 2.45) is 0 Å². The predicted molar refractivity (Wildman–Crippen MR) is 83.1 cm³/mol. The van der Waals surface area contributed by atoms with Gasteiger partial charge in [-0.25, -0.2) is 4.98 Å². The number of halogens is 1. The second-order valence-corrected chi connectivity index (χ2v) is 5.90. The lowest BCUT2D eigenvalue weighted by atomic mass is 10.2. The SMILES string of the molecule is CC(Nc1cccc(Cl)n1)c1cc2ccccc2s1. The van der Waals surface area contributed by atoms with E-state index in [4.69, 9.17) is 11.6 Å². The molecule has 0 saturated heterocycles. The number of hydrogen-bond donors (Lipinski definition) is 1. The van der Waals surface area contributed by atoms with Gasteiger partial charge >= 0.3 is 0 Å².